The Labute approximate surface area is 175 Å². The highest BCUT2D eigenvalue weighted by Gasteiger charge is 2.27. The lowest BCUT2D eigenvalue weighted by Crippen LogP contribution is -2.38. The molecule has 2 rings (SSSR count). The second-order valence-corrected chi connectivity index (χ2v) is 7.33. The summed E-state index contributed by atoms with van der Waals surface area (Å²) in [5, 5.41) is 46.7. The summed E-state index contributed by atoms with van der Waals surface area (Å²) >= 11 is 0. The van der Waals surface area contributed by atoms with Crippen LogP contribution in [0.1, 0.15) is 30.9 Å². The third-order valence-corrected chi connectivity index (χ3v) is 4.84. The largest absolute Gasteiger partial charge is 0.491 e. The number of allylic oxidation sites excluding steroid dienone is 1. The lowest BCUT2D eigenvalue weighted by atomic mass is 9.87. The maximum Gasteiger partial charge on any atom is 0.226 e. The number of hydrogen-bond acceptors (Lipinski definition) is 9. The fourth-order valence-corrected chi connectivity index (χ4v) is 3.30. The number of nitrogens with zero attached hydrogens (tertiary/aromatic N) is 2. The molecular weight excluding hydrogens is 396 g/mol. The first-order valence-corrected chi connectivity index (χ1v) is 9.73. The molecule has 30 heavy (non-hydrogen) atoms. The minimum atomic E-state index is -0.984. The Kier molecular flexibility index (Phi) is 9.18. The molecule has 3 atom stereocenters. The topological polar surface area (TPSA) is 143 Å². The van der Waals surface area contributed by atoms with Crippen molar-refractivity contribution < 1.29 is 40.1 Å². The molecule has 5 N–H and O–H groups in total. The SMILES string of the molecule is C=C(C)N(CC(O)COc1cccc2c1C[C@@H](O)[C@@H](O)C2)C(=O)CCCON(O)O. The van der Waals surface area contributed by atoms with Crippen LogP contribution in [0.3, 0.4) is 0 Å². The maximum absolute atomic E-state index is 12.4. The average molecular weight is 426 g/mol. The zero-order valence-electron chi connectivity index (χ0n) is 17.0. The minimum Gasteiger partial charge on any atom is -0.491 e. The fourth-order valence-electron chi connectivity index (χ4n) is 3.30. The third kappa shape index (κ3) is 7.03. The minimum absolute atomic E-state index is 0.0164. The van der Waals surface area contributed by atoms with Crippen LogP contribution in [-0.4, -0.2) is 80.0 Å². The van der Waals surface area contributed by atoms with Crippen LogP contribution in [0.4, 0.5) is 0 Å². The molecule has 0 radical (unpaired) electrons. The molecule has 0 fully saturated rings. The molecule has 0 bridgehead atoms. The zero-order chi connectivity index (χ0) is 22.3. The molecule has 0 aliphatic heterocycles. The maximum atomic E-state index is 12.4. The van der Waals surface area contributed by atoms with Gasteiger partial charge < -0.3 is 25.0 Å². The zero-order valence-corrected chi connectivity index (χ0v) is 17.0. The van der Waals surface area contributed by atoms with Gasteiger partial charge in [-0.15, -0.1) is 0 Å². The van der Waals surface area contributed by atoms with E-state index in [1.807, 2.05) is 6.07 Å². The van der Waals surface area contributed by atoms with E-state index < -0.39 is 23.7 Å². The number of carbonyl (C=O) groups excluding carboxylic acids is 1. The summed E-state index contributed by atoms with van der Waals surface area (Å²) in [5.74, 6) is 0.238. The van der Waals surface area contributed by atoms with Crippen LogP contribution in [0, 0.1) is 0 Å². The first kappa shape index (κ1) is 24.2. The second-order valence-electron chi connectivity index (χ2n) is 7.33. The standard InChI is InChI=1S/C20H30N2O8/c1-13(2)21(20(26)7-4-8-30-22(27)28)11-15(23)12-29-19-6-3-5-14-9-17(24)18(25)10-16(14)19/h3,5-6,15,17-18,23-25,27-28H,1,4,7-12H2,2H3/t15?,17-,18+/m0/s1. The Morgan fingerprint density at radius 3 is 2.63 bits per heavy atom. The molecule has 10 heteroatoms. The van der Waals surface area contributed by atoms with Crippen molar-refractivity contribution in [2.75, 3.05) is 19.8 Å². The lowest BCUT2D eigenvalue weighted by molar-refractivity contribution is -0.492. The van der Waals surface area contributed by atoms with E-state index in [9.17, 15) is 20.1 Å². The van der Waals surface area contributed by atoms with Crippen molar-refractivity contribution in [3.63, 3.8) is 0 Å². The van der Waals surface area contributed by atoms with Crippen LogP contribution in [0.2, 0.25) is 0 Å². The van der Waals surface area contributed by atoms with Gasteiger partial charge in [0.05, 0.1) is 30.7 Å². The summed E-state index contributed by atoms with van der Waals surface area (Å²) in [6.07, 6.45) is -1.74. The van der Waals surface area contributed by atoms with E-state index in [4.69, 9.17) is 15.2 Å². The normalized spacial score (nSPS) is 19.3. The Morgan fingerprint density at radius 2 is 1.97 bits per heavy atom. The van der Waals surface area contributed by atoms with Gasteiger partial charge in [0.2, 0.25) is 5.91 Å². The third-order valence-electron chi connectivity index (χ3n) is 4.84. The van der Waals surface area contributed by atoms with Crippen LogP contribution >= 0.6 is 0 Å². The molecule has 0 saturated carbocycles. The number of fused-ring (bicyclic) bond motifs is 1. The number of ether oxygens (including phenoxy) is 1. The Bertz CT molecular complexity index is 727. The summed E-state index contributed by atoms with van der Waals surface area (Å²) in [4.78, 5) is 18.1. The van der Waals surface area contributed by atoms with Gasteiger partial charge in [0, 0.05) is 30.5 Å². The van der Waals surface area contributed by atoms with Crippen LogP contribution in [0.5, 0.6) is 5.75 Å². The molecule has 0 heterocycles. The van der Waals surface area contributed by atoms with E-state index >= 15 is 0 Å². The van der Waals surface area contributed by atoms with Crippen LogP contribution < -0.4 is 4.74 Å². The quantitative estimate of drug-likeness (QED) is 0.251. The van der Waals surface area contributed by atoms with E-state index in [-0.39, 0.29) is 44.9 Å². The first-order valence-electron chi connectivity index (χ1n) is 9.73. The molecule has 1 unspecified atom stereocenters. The van der Waals surface area contributed by atoms with Gasteiger partial charge in [0.25, 0.3) is 0 Å². The molecule has 168 valence electrons. The number of benzene rings is 1. The van der Waals surface area contributed by atoms with E-state index in [2.05, 4.69) is 11.4 Å². The van der Waals surface area contributed by atoms with Crippen LogP contribution in [0.25, 0.3) is 0 Å². The van der Waals surface area contributed by atoms with Crippen molar-refractivity contribution in [3.05, 3.63) is 41.6 Å². The van der Waals surface area contributed by atoms with Gasteiger partial charge in [-0.3, -0.25) is 20.0 Å². The number of amides is 1. The van der Waals surface area contributed by atoms with Crippen LogP contribution in [-0.2, 0) is 22.5 Å². The fraction of sp³-hybridized carbons (Fsp3) is 0.550. The summed E-state index contributed by atoms with van der Waals surface area (Å²) in [6, 6.07) is 5.39. The molecule has 0 saturated heterocycles. The smallest absolute Gasteiger partial charge is 0.226 e. The number of rotatable bonds is 11. The van der Waals surface area contributed by atoms with Gasteiger partial charge in [-0.2, -0.15) is 0 Å². The predicted octanol–water partition coefficient (Wildman–Crippen LogP) is 0.401. The summed E-state index contributed by atoms with van der Waals surface area (Å²) < 4.78 is 5.74. The molecule has 0 spiro atoms. The van der Waals surface area contributed by atoms with Gasteiger partial charge in [-0.05, 0) is 25.0 Å². The van der Waals surface area contributed by atoms with Crippen molar-refractivity contribution in [1.29, 1.82) is 0 Å². The predicted molar refractivity (Wildman–Crippen MR) is 104 cm³/mol. The molecule has 1 aromatic carbocycles. The molecule has 1 amide bonds. The van der Waals surface area contributed by atoms with Gasteiger partial charge >= 0.3 is 0 Å². The number of carbonyl (C=O) groups is 1. The highest BCUT2D eigenvalue weighted by Crippen LogP contribution is 2.30. The van der Waals surface area contributed by atoms with E-state index in [1.165, 1.54) is 4.90 Å². The Hall–Kier alpha value is -2.05. The van der Waals surface area contributed by atoms with Crippen molar-refractivity contribution >= 4 is 5.91 Å². The molecule has 0 aromatic heterocycles. The molecule has 10 nitrogen and oxygen atoms in total. The van der Waals surface area contributed by atoms with Crippen molar-refractivity contribution in [1.82, 2.24) is 10.3 Å². The molecule has 1 aliphatic rings. The van der Waals surface area contributed by atoms with Gasteiger partial charge in [-0.25, -0.2) is 0 Å². The second kappa shape index (κ2) is 11.4. The lowest BCUT2D eigenvalue weighted by Gasteiger charge is -2.28. The highest BCUT2D eigenvalue weighted by molar-refractivity contribution is 5.77. The molecule has 1 aromatic rings. The molecular formula is C20H30N2O8. The highest BCUT2D eigenvalue weighted by atomic mass is 17.1. The van der Waals surface area contributed by atoms with Crippen LogP contribution in [0.15, 0.2) is 30.5 Å². The Morgan fingerprint density at radius 1 is 1.27 bits per heavy atom. The molecule has 1 aliphatic carbocycles. The van der Waals surface area contributed by atoms with Gasteiger partial charge in [-0.1, -0.05) is 18.7 Å². The summed E-state index contributed by atoms with van der Waals surface area (Å²) in [5.41, 5.74) is 2.15. The summed E-state index contributed by atoms with van der Waals surface area (Å²) in [6.45, 7) is 5.26. The van der Waals surface area contributed by atoms with Crippen molar-refractivity contribution in [2.45, 2.75) is 50.9 Å². The number of aliphatic hydroxyl groups excluding tert-OH is 3. The van der Waals surface area contributed by atoms with Crippen molar-refractivity contribution in [2.24, 2.45) is 0 Å². The van der Waals surface area contributed by atoms with Crippen molar-refractivity contribution in [3.8, 4) is 5.75 Å². The van der Waals surface area contributed by atoms with E-state index in [1.54, 1.807) is 19.1 Å². The van der Waals surface area contributed by atoms with E-state index in [0.29, 0.717) is 17.9 Å². The number of hydrogen-bond donors (Lipinski definition) is 5. The van der Waals surface area contributed by atoms with Gasteiger partial charge in [0.15, 0.2) is 0 Å². The van der Waals surface area contributed by atoms with Gasteiger partial charge in [0.1, 0.15) is 18.5 Å². The summed E-state index contributed by atoms with van der Waals surface area (Å²) in [7, 11) is 0. The number of aliphatic hydroxyl groups is 3. The first-order chi connectivity index (χ1) is 14.2. The average Bonchev–Trinajstić information content (AvgIpc) is 2.68. The van der Waals surface area contributed by atoms with E-state index in [0.717, 1.165) is 11.1 Å². The monoisotopic (exact) mass is 426 g/mol. The Balaban J connectivity index is 1.89.